The zero-order valence-corrected chi connectivity index (χ0v) is 15.6. The van der Waals surface area contributed by atoms with E-state index >= 15 is 0 Å². The number of halogens is 1. The van der Waals surface area contributed by atoms with Crippen LogP contribution in [0.25, 0.3) is 0 Å². The van der Waals surface area contributed by atoms with E-state index in [0.29, 0.717) is 6.61 Å². The van der Waals surface area contributed by atoms with Gasteiger partial charge in [0, 0.05) is 12.8 Å². The Balaban J connectivity index is 1.98. The number of hydrogen-bond donors (Lipinski definition) is 0. The molecule has 0 amide bonds. The van der Waals surface area contributed by atoms with Gasteiger partial charge in [0.25, 0.3) is 0 Å². The lowest BCUT2D eigenvalue weighted by Gasteiger charge is -2.42. The van der Waals surface area contributed by atoms with Crippen molar-refractivity contribution in [3.63, 3.8) is 0 Å². The minimum atomic E-state index is -1.81. The molecule has 122 valence electrons. The standard InChI is InChI=1S/C15H27ClO4Si/c1-10(17)19-13-15(16)8-7-11(15)12(20-13)9-18-21(5,6)14(2,3)4/h11-13H,7-9H2,1-6H3/t11-,12-,13+,15+/m1/s1. The maximum absolute atomic E-state index is 11.2. The summed E-state index contributed by atoms with van der Waals surface area (Å²) < 4.78 is 17.4. The van der Waals surface area contributed by atoms with E-state index in [4.69, 9.17) is 25.5 Å². The highest BCUT2D eigenvalue weighted by Gasteiger charge is 2.63. The highest BCUT2D eigenvalue weighted by molar-refractivity contribution is 6.74. The number of carbonyl (C=O) groups is 1. The van der Waals surface area contributed by atoms with Gasteiger partial charge in [-0.3, -0.25) is 4.79 Å². The number of rotatable bonds is 4. The summed E-state index contributed by atoms with van der Waals surface area (Å²) in [7, 11) is -1.81. The fraction of sp³-hybridized carbons (Fsp3) is 0.933. The SMILES string of the molecule is CC(=O)O[C@H]1O[C@H](CO[Si](C)(C)C(C)(C)C)[C@H]2CC[C@@]12Cl. The van der Waals surface area contributed by atoms with Crippen LogP contribution >= 0.6 is 11.6 Å². The van der Waals surface area contributed by atoms with Crippen LogP contribution in [0.2, 0.25) is 18.1 Å². The molecule has 0 bridgehead atoms. The Morgan fingerprint density at radius 1 is 1.43 bits per heavy atom. The molecule has 2 fully saturated rings. The van der Waals surface area contributed by atoms with Crippen molar-refractivity contribution in [2.45, 2.75) is 75.9 Å². The molecule has 0 N–H and O–H groups in total. The van der Waals surface area contributed by atoms with Gasteiger partial charge in [-0.25, -0.2) is 0 Å². The van der Waals surface area contributed by atoms with E-state index in [1.165, 1.54) is 6.92 Å². The van der Waals surface area contributed by atoms with Crippen molar-refractivity contribution < 1.29 is 18.7 Å². The van der Waals surface area contributed by atoms with Crippen LogP contribution in [0, 0.1) is 5.92 Å². The molecule has 0 spiro atoms. The van der Waals surface area contributed by atoms with Gasteiger partial charge in [-0.05, 0) is 31.0 Å². The first-order valence-electron chi connectivity index (χ1n) is 7.63. The molecule has 0 unspecified atom stereocenters. The quantitative estimate of drug-likeness (QED) is 0.447. The van der Waals surface area contributed by atoms with Gasteiger partial charge in [0.15, 0.2) is 8.32 Å². The molecule has 4 nitrogen and oxygen atoms in total. The first-order valence-corrected chi connectivity index (χ1v) is 10.9. The normalized spacial score (nSPS) is 36.0. The van der Waals surface area contributed by atoms with Crippen LogP contribution < -0.4 is 0 Å². The molecule has 0 radical (unpaired) electrons. The largest absolute Gasteiger partial charge is 0.434 e. The van der Waals surface area contributed by atoms with Crippen molar-refractivity contribution in [3.05, 3.63) is 0 Å². The summed E-state index contributed by atoms with van der Waals surface area (Å²) in [5.41, 5.74) is 0. The Morgan fingerprint density at radius 3 is 2.48 bits per heavy atom. The minimum absolute atomic E-state index is 0.0743. The average molecular weight is 335 g/mol. The highest BCUT2D eigenvalue weighted by Crippen LogP contribution is 2.55. The van der Waals surface area contributed by atoms with Gasteiger partial charge in [-0.2, -0.15) is 0 Å². The van der Waals surface area contributed by atoms with Gasteiger partial charge in [0.2, 0.25) is 6.29 Å². The van der Waals surface area contributed by atoms with Crippen molar-refractivity contribution >= 4 is 25.9 Å². The van der Waals surface area contributed by atoms with Crippen LogP contribution in [-0.4, -0.2) is 38.2 Å². The second-order valence-electron chi connectivity index (χ2n) is 7.76. The fourth-order valence-electron chi connectivity index (χ4n) is 2.68. The highest BCUT2D eigenvalue weighted by atomic mass is 35.5. The minimum Gasteiger partial charge on any atom is -0.434 e. The third-order valence-electron chi connectivity index (χ3n) is 5.28. The van der Waals surface area contributed by atoms with Crippen LogP contribution in [0.5, 0.6) is 0 Å². The van der Waals surface area contributed by atoms with Crippen molar-refractivity contribution in [2.24, 2.45) is 5.92 Å². The van der Waals surface area contributed by atoms with Gasteiger partial charge >= 0.3 is 5.97 Å². The van der Waals surface area contributed by atoms with Gasteiger partial charge in [0.1, 0.15) is 4.87 Å². The number of carbonyl (C=O) groups excluding carboxylic acids is 1. The zero-order valence-electron chi connectivity index (χ0n) is 13.9. The zero-order chi connectivity index (χ0) is 16.1. The average Bonchev–Trinajstić information content (AvgIpc) is 2.46. The fourth-order valence-corrected chi connectivity index (χ4v) is 4.15. The molecule has 1 saturated carbocycles. The van der Waals surface area contributed by atoms with Gasteiger partial charge in [-0.1, -0.05) is 20.8 Å². The van der Waals surface area contributed by atoms with Crippen molar-refractivity contribution in [1.82, 2.24) is 0 Å². The lowest BCUT2D eigenvalue weighted by Crippen LogP contribution is -2.50. The smallest absolute Gasteiger partial charge is 0.305 e. The van der Waals surface area contributed by atoms with Gasteiger partial charge in [-0.15, -0.1) is 11.6 Å². The number of ether oxygens (including phenoxy) is 2. The molecule has 1 aliphatic carbocycles. The Kier molecular flexibility index (Phi) is 4.53. The van der Waals surface area contributed by atoms with Crippen LogP contribution in [0.15, 0.2) is 0 Å². The van der Waals surface area contributed by atoms with Gasteiger partial charge < -0.3 is 13.9 Å². The van der Waals surface area contributed by atoms with Crippen LogP contribution in [0.1, 0.15) is 40.5 Å². The van der Waals surface area contributed by atoms with Crippen LogP contribution in [-0.2, 0) is 18.7 Å². The number of fused-ring (bicyclic) bond motifs is 1. The number of hydrogen-bond acceptors (Lipinski definition) is 4. The van der Waals surface area contributed by atoms with Crippen LogP contribution in [0.4, 0.5) is 0 Å². The van der Waals surface area contributed by atoms with E-state index in [1.54, 1.807) is 0 Å². The summed E-state index contributed by atoms with van der Waals surface area (Å²) in [5.74, 6) is -0.134. The second kappa shape index (κ2) is 5.51. The van der Waals surface area contributed by atoms with Crippen LogP contribution in [0.3, 0.4) is 0 Å². The maximum Gasteiger partial charge on any atom is 0.305 e. The molecule has 2 aliphatic rings. The molecule has 21 heavy (non-hydrogen) atoms. The second-order valence-corrected chi connectivity index (χ2v) is 13.3. The van der Waals surface area contributed by atoms with E-state index in [0.717, 1.165) is 12.8 Å². The topological polar surface area (TPSA) is 44.8 Å². The first-order chi connectivity index (χ1) is 9.47. The molecule has 0 aromatic carbocycles. The third kappa shape index (κ3) is 3.16. The summed E-state index contributed by atoms with van der Waals surface area (Å²) in [6.07, 6.45) is 1.12. The molecule has 1 saturated heterocycles. The van der Waals surface area contributed by atoms with E-state index in [2.05, 4.69) is 33.9 Å². The Morgan fingerprint density at radius 2 is 2.05 bits per heavy atom. The van der Waals surface area contributed by atoms with E-state index < -0.39 is 19.5 Å². The molecular weight excluding hydrogens is 308 g/mol. The van der Waals surface area contributed by atoms with Crippen molar-refractivity contribution in [1.29, 1.82) is 0 Å². The molecule has 0 aromatic rings. The summed E-state index contributed by atoms with van der Waals surface area (Å²) >= 11 is 6.60. The molecule has 2 rings (SSSR count). The predicted molar refractivity (Wildman–Crippen MR) is 84.9 cm³/mol. The molecule has 4 atom stereocenters. The summed E-state index contributed by atoms with van der Waals surface area (Å²) in [4.78, 5) is 10.6. The van der Waals surface area contributed by atoms with E-state index in [9.17, 15) is 4.79 Å². The maximum atomic E-state index is 11.2. The molecule has 6 heteroatoms. The van der Waals surface area contributed by atoms with E-state index in [1.807, 2.05) is 0 Å². The Hall–Kier alpha value is -0.103. The summed E-state index contributed by atoms with van der Waals surface area (Å²) in [5, 5.41) is 0.165. The van der Waals surface area contributed by atoms with Gasteiger partial charge in [0.05, 0.1) is 12.7 Å². The molecule has 1 aliphatic heterocycles. The van der Waals surface area contributed by atoms with E-state index in [-0.39, 0.29) is 23.0 Å². The number of esters is 1. The predicted octanol–water partition coefficient (Wildman–Crippen LogP) is 3.68. The third-order valence-corrected chi connectivity index (χ3v) is 10.4. The molecular formula is C15H27ClO4Si. The van der Waals surface area contributed by atoms with Crippen molar-refractivity contribution in [3.8, 4) is 0 Å². The lowest BCUT2D eigenvalue weighted by atomic mass is 9.71. The molecule has 1 heterocycles. The monoisotopic (exact) mass is 334 g/mol. The number of alkyl halides is 1. The summed E-state index contributed by atoms with van der Waals surface area (Å²) in [6.45, 7) is 13.0. The first kappa shape index (κ1) is 17.3. The lowest BCUT2D eigenvalue weighted by molar-refractivity contribution is -0.178. The van der Waals surface area contributed by atoms with Crippen molar-refractivity contribution in [2.75, 3.05) is 6.61 Å². The summed E-state index contributed by atoms with van der Waals surface area (Å²) in [6, 6.07) is 0. The Bertz CT molecular complexity index is 420. The Labute approximate surface area is 133 Å². The molecule has 0 aromatic heterocycles.